The van der Waals surface area contributed by atoms with Crippen LogP contribution in [0.15, 0.2) is 57.4 Å². The Balaban J connectivity index is 2.11. The van der Waals surface area contributed by atoms with Crippen molar-refractivity contribution < 1.29 is 24.2 Å². The van der Waals surface area contributed by atoms with E-state index < -0.39 is 23.3 Å². The smallest absolute Gasteiger partial charge is 0.408 e. The molecule has 0 spiro atoms. The van der Waals surface area contributed by atoms with Crippen molar-refractivity contribution in [1.82, 2.24) is 5.32 Å². The van der Waals surface area contributed by atoms with Crippen molar-refractivity contribution in [3.05, 3.63) is 81.1 Å². The monoisotopic (exact) mass is 467 g/mol. The van der Waals surface area contributed by atoms with Crippen molar-refractivity contribution >= 4 is 18.0 Å². The molecule has 0 saturated carbocycles. The fraction of sp³-hybridized carbons (Fsp3) is 0.370. The molecular formula is C27H33NO6. The van der Waals surface area contributed by atoms with Gasteiger partial charge in [0, 0.05) is 18.2 Å². The van der Waals surface area contributed by atoms with Gasteiger partial charge in [-0.15, -0.1) is 0 Å². The standard InChI is InChI=1S/C27H33NO6/c1-17(2)8-9-20-10-12-21(13-11-20)15-19(4)25(30)24-22(29)16-23(34-26(24)31)18(3)7-5-6-14-28-27(32)33/h6,10-18,28-29H,5,7-9H2,1-4H3,(H,32,33). The van der Waals surface area contributed by atoms with E-state index in [-0.39, 0.29) is 17.2 Å². The Morgan fingerprint density at radius 1 is 1.12 bits per heavy atom. The number of aromatic hydroxyl groups is 1. The largest absolute Gasteiger partial charge is 0.507 e. The zero-order chi connectivity index (χ0) is 25.3. The van der Waals surface area contributed by atoms with E-state index >= 15 is 0 Å². The Morgan fingerprint density at radius 3 is 2.38 bits per heavy atom. The first-order valence-corrected chi connectivity index (χ1v) is 11.4. The molecular weight excluding hydrogens is 434 g/mol. The molecule has 7 nitrogen and oxygen atoms in total. The summed E-state index contributed by atoms with van der Waals surface area (Å²) in [6.45, 7) is 7.78. The Bertz CT molecular complexity index is 1110. The third-order valence-corrected chi connectivity index (χ3v) is 5.48. The van der Waals surface area contributed by atoms with Gasteiger partial charge in [0.1, 0.15) is 17.1 Å². The SMILES string of the molecule is CC(=Cc1ccc(CCC(C)C)cc1)C(=O)c1c(O)cc(C(C)CCC=CNC(=O)O)oc1=O. The molecule has 0 radical (unpaired) electrons. The zero-order valence-corrected chi connectivity index (χ0v) is 20.1. The maximum atomic E-state index is 12.9. The number of ketones is 1. The lowest BCUT2D eigenvalue weighted by molar-refractivity contribution is 0.102. The van der Waals surface area contributed by atoms with Crippen LogP contribution in [0, 0.1) is 5.92 Å². The summed E-state index contributed by atoms with van der Waals surface area (Å²) in [4.78, 5) is 35.8. The van der Waals surface area contributed by atoms with E-state index in [0.717, 1.165) is 18.4 Å². The Labute approximate surface area is 199 Å². The van der Waals surface area contributed by atoms with E-state index in [0.29, 0.717) is 24.3 Å². The summed E-state index contributed by atoms with van der Waals surface area (Å²) in [6, 6.07) is 9.22. The Morgan fingerprint density at radius 2 is 1.79 bits per heavy atom. The second kappa shape index (κ2) is 12.6. The number of aryl methyl sites for hydroxylation is 1. The average molecular weight is 468 g/mol. The second-order valence-electron chi connectivity index (χ2n) is 8.86. The molecule has 1 atom stereocenters. The van der Waals surface area contributed by atoms with Gasteiger partial charge >= 0.3 is 11.7 Å². The Kier molecular flexibility index (Phi) is 9.86. The number of carbonyl (C=O) groups excluding carboxylic acids is 1. The molecule has 0 aliphatic rings. The van der Waals surface area contributed by atoms with Crippen molar-refractivity contribution in [3.63, 3.8) is 0 Å². The minimum Gasteiger partial charge on any atom is -0.507 e. The number of rotatable bonds is 11. The molecule has 1 aromatic carbocycles. The molecule has 34 heavy (non-hydrogen) atoms. The summed E-state index contributed by atoms with van der Waals surface area (Å²) >= 11 is 0. The molecule has 7 heteroatoms. The van der Waals surface area contributed by atoms with E-state index in [1.165, 1.54) is 17.8 Å². The van der Waals surface area contributed by atoms with Crippen molar-refractivity contribution in [3.8, 4) is 5.75 Å². The number of nitrogens with one attached hydrogen (secondary N) is 1. The maximum Gasteiger partial charge on any atom is 0.408 e. The lowest BCUT2D eigenvalue weighted by atomic mass is 9.98. The summed E-state index contributed by atoms with van der Waals surface area (Å²) in [5.74, 6) is -0.327. The molecule has 0 bridgehead atoms. The van der Waals surface area contributed by atoms with Gasteiger partial charge in [-0.05, 0) is 61.3 Å². The van der Waals surface area contributed by atoms with E-state index in [9.17, 15) is 19.5 Å². The van der Waals surface area contributed by atoms with Crippen LogP contribution in [-0.4, -0.2) is 22.1 Å². The molecule has 2 aromatic rings. The minimum absolute atomic E-state index is 0.219. The van der Waals surface area contributed by atoms with Gasteiger partial charge in [0.2, 0.25) is 0 Å². The van der Waals surface area contributed by atoms with Crippen LogP contribution in [0.1, 0.15) is 80.1 Å². The highest BCUT2D eigenvalue weighted by Crippen LogP contribution is 2.26. The average Bonchev–Trinajstić information content (AvgIpc) is 2.77. The van der Waals surface area contributed by atoms with Gasteiger partial charge in [-0.3, -0.25) is 10.1 Å². The number of carboxylic acid groups (broad SMARTS) is 1. The quantitative estimate of drug-likeness (QED) is 0.280. The number of carbonyl (C=O) groups is 2. The molecule has 1 amide bonds. The van der Waals surface area contributed by atoms with Crippen molar-refractivity contribution in [2.75, 3.05) is 0 Å². The maximum absolute atomic E-state index is 12.9. The fourth-order valence-electron chi connectivity index (χ4n) is 3.40. The van der Waals surface area contributed by atoms with Gasteiger partial charge < -0.3 is 14.6 Å². The highest BCUT2D eigenvalue weighted by Gasteiger charge is 2.22. The summed E-state index contributed by atoms with van der Waals surface area (Å²) in [6.07, 6.45) is 6.68. The van der Waals surface area contributed by atoms with Crippen LogP contribution in [0.5, 0.6) is 5.75 Å². The highest BCUT2D eigenvalue weighted by molar-refractivity contribution is 6.12. The molecule has 1 unspecified atom stereocenters. The molecule has 3 N–H and O–H groups in total. The molecule has 0 aliphatic carbocycles. The number of amides is 1. The van der Waals surface area contributed by atoms with E-state index in [1.54, 1.807) is 19.1 Å². The summed E-state index contributed by atoms with van der Waals surface area (Å²) in [7, 11) is 0. The van der Waals surface area contributed by atoms with E-state index in [4.69, 9.17) is 9.52 Å². The first kappa shape index (κ1) is 26.6. The van der Waals surface area contributed by atoms with Crippen LogP contribution in [0.4, 0.5) is 4.79 Å². The summed E-state index contributed by atoms with van der Waals surface area (Å²) < 4.78 is 5.33. The van der Waals surface area contributed by atoms with Gasteiger partial charge in [-0.25, -0.2) is 9.59 Å². The lowest BCUT2D eigenvalue weighted by Crippen LogP contribution is -2.16. The van der Waals surface area contributed by atoms with Crippen LogP contribution >= 0.6 is 0 Å². The molecule has 0 aliphatic heterocycles. The molecule has 0 fully saturated rings. The molecule has 0 saturated heterocycles. The predicted octanol–water partition coefficient (Wildman–Crippen LogP) is 5.89. The number of benzene rings is 1. The van der Waals surface area contributed by atoms with Crippen molar-refractivity contribution in [1.29, 1.82) is 0 Å². The van der Waals surface area contributed by atoms with Crippen LogP contribution in [0.3, 0.4) is 0 Å². The third-order valence-electron chi connectivity index (χ3n) is 5.48. The first-order valence-electron chi connectivity index (χ1n) is 11.4. The minimum atomic E-state index is -1.15. The predicted molar refractivity (Wildman–Crippen MR) is 132 cm³/mol. The van der Waals surface area contributed by atoms with Crippen molar-refractivity contribution in [2.24, 2.45) is 5.92 Å². The molecule has 1 aromatic heterocycles. The van der Waals surface area contributed by atoms with Gasteiger partial charge in [-0.2, -0.15) is 0 Å². The van der Waals surface area contributed by atoms with Gasteiger partial charge in [0.15, 0.2) is 5.78 Å². The fourth-order valence-corrected chi connectivity index (χ4v) is 3.40. The number of hydrogen-bond acceptors (Lipinski definition) is 5. The molecule has 2 rings (SSSR count). The number of allylic oxidation sites excluding steroid dienone is 2. The highest BCUT2D eigenvalue weighted by atomic mass is 16.4. The van der Waals surface area contributed by atoms with Crippen LogP contribution in [0.25, 0.3) is 6.08 Å². The normalized spacial score (nSPS) is 12.8. The lowest BCUT2D eigenvalue weighted by Gasteiger charge is -2.11. The van der Waals surface area contributed by atoms with Crippen LogP contribution in [-0.2, 0) is 6.42 Å². The van der Waals surface area contributed by atoms with Crippen LogP contribution in [0.2, 0.25) is 0 Å². The molecule has 1 heterocycles. The summed E-state index contributed by atoms with van der Waals surface area (Å²) in [5, 5.41) is 21.1. The summed E-state index contributed by atoms with van der Waals surface area (Å²) in [5.41, 5.74) is 1.11. The van der Waals surface area contributed by atoms with Crippen molar-refractivity contribution in [2.45, 2.75) is 59.3 Å². The zero-order valence-electron chi connectivity index (χ0n) is 20.1. The Hall–Kier alpha value is -3.61. The molecule has 182 valence electrons. The number of Topliss-reactive ketones (excluding diaryl/α,β-unsaturated/α-hetero) is 1. The topological polar surface area (TPSA) is 117 Å². The second-order valence-corrected chi connectivity index (χ2v) is 8.86. The van der Waals surface area contributed by atoms with E-state index in [1.807, 2.05) is 31.2 Å². The third kappa shape index (κ3) is 8.06. The van der Waals surface area contributed by atoms with Crippen LogP contribution < -0.4 is 10.9 Å². The first-order chi connectivity index (χ1) is 16.1. The number of hydrogen-bond donors (Lipinski definition) is 3. The van der Waals surface area contributed by atoms with Gasteiger partial charge in [0.05, 0.1) is 0 Å². The van der Waals surface area contributed by atoms with E-state index in [2.05, 4.69) is 19.2 Å². The van der Waals surface area contributed by atoms with Gasteiger partial charge in [0.25, 0.3) is 0 Å². The van der Waals surface area contributed by atoms with Gasteiger partial charge in [-0.1, -0.05) is 51.1 Å².